The summed E-state index contributed by atoms with van der Waals surface area (Å²) in [5, 5.41) is 37.5. The number of oxime groups is 1. The second-order valence-corrected chi connectivity index (χ2v) is 19.5. The summed E-state index contributed by atoms with van der Waals surface area (Å²) in [7, 11) is 0. The van der Waals surface area contributed by atoms with Gasteiger partial charge in [0.25, 0.3) is 5.91 Å². The predicted octanol–water partition coefficient (Wildman–Crippen LogP) is 11.3. The van der Waals surface area contributed by atoms with Crippen molar-refractivity contribution < 1.29 is 48.3 Å². The molecule has 4 aliphatic rings. The third kappa shape index (κ3) is 13.2. The van der Waals surface area contributed by atoms with Crippen molar-refractivity contribution in [2.24, 2.45) is 22.9 Å². The van der Waals surface area contributed by atoms with Gasteiger partial charge in [0.15, 0.2) is 11.5 Å². The van der Waals surface area contributed by atoms with Crippen LogP contribution in [0.25, 0.3) is 0 Å². The third-order valence-electron chi connectivity index (χ3n) is 14.6. The van der Waals surface area contributed by atoms with Gasteiger partial charge in [-0.15, -0.1) is 6.58 Å². The van der Waals surface area contributed by atoms with Crippen LogP contribution in [-0.2, 0) is 16.1 Å². The molecule has 3 N–H and O–H groups in total. The summed E-state index contributed by atoms with van der Waals surface area (Å²) in [4.78, 5) is 36.6. The first-order valence-electron chi connectivity index (χ1n) is 26.6. The Morgan fingerprint density at radius 1 is 0.875 bits per heavy atom. The monoisotopic (exact) mass is 989 g/mol. The summed E-state index contributed by atoms with van der Waals surface area (Å²) < 4.78 is 32.1. The van der Waals surface area contributed by atoms with Gasteiger partial charge in [-0.1, -0.05) is 101 Å². The van der Waals surface area contributed by atoms with Crippen LogP contribution in [0.4, 0.5) is 4.79 Å². The van der Waals surface area contributed by atoms with E-state index in [0.717, 1.165) is 61.6 Å². The number of hydrogen-bond acceptors (Lipinski definition) is 12. The van der Waals surface area contributed by atoms with Crippen molar-refractivity contribution in [2.45, 2.75) is 147 Å². The van der Waals surface area contributed by atoms with E-state index in [2.05, 4.69) is 31.0 Å². The summed E-state index contributed by atoms with van der Waals surface area (Å²) in [6.07, 6.45) is 19.9. The lowest BCUT2D eigenvalue weighted by Gasteiger charge is -2.60. The first-order chi connectivity index (χ1) is 35.3. The molecule has 14 heteroatoms. The van der Waals surface area contributed by atoms with Gasteiger partial charge in [-0.3, -0.25) is 4.79 Å². The molecule has 388 valence electrons. The molecular formula is C58H76N4O10. The fraction of sp³-hybridized carbons (Fsp3) is 0.552. The van der Waals surface area contributed by atoms with Crippen LogP contribution in [0.1, 0.15) is 156 Å². The number of rotatable bonds is 29. The number of ether oxygens (including phenoxy) is 5. The molecule has 7 rings (SSSR count). The average molecular weight is 989 g/mol. The van der Waals surface area contributed by atoms with E-state index < -0.39 is 23.8 Å². The maximum atomic E-state index is 15.4. The largest absolute Gasteiger partial charge is 0.459 e. The Morgan fingerprint density at radius 2 is 1.58 bits per heavy atom. The molecule has 1 fully saturated rings. The molecule has 2 aliphatic heterocycles. The number of fused-ring (bicyclic) bond motifs is 3. The number of nitriles is 1. The van der Waals surface area contributed by atoms with Gasteiger partial charge in [0.05, 0.1) is 29.9 Å². The fourth-order valence-electron chi connectivity index (χ4n) is 11.2. The summed E-state index contributed by atoms with van der Waals surface area (Å²) in [5.74, 6) is -0.710. The molecular weight excluding hydrogens is 913 g/mol. The van der Waals surface area contributed by atoms with E-state index in [9.17, 15) is 20.3 Å². The number of benzene rings is 3. The van der Waals surface area contributed by atoms with Crippen LogP contribution < -0.4 is 24.3 Å². The minimum atomic E-state index is -1.54. The molecule has 0 aromatic heterocycles. The van der Waals surface area contributed by atoms with E-state index in [1.54, 1.807) is 41.3 Å². The SMILES string of the molecule is C=CCO[C@@]12Oc3ccc(OC(=O)NCCCCCCCCCCCC)cc3[C@H]3[C@H](CCCCO)[C@@H](CCCCO)C=C(C(=NOCC)C[C@@H]1N(Cc1ccc4c(c1)OCO4)C(=O)c1ccc(C#N)cc1)[C@H]32. The van der Waals surface area contributed by atoms with Gasteiger partial charge in [0, 0.05) is 49.8 Å². The van der Waals surface area contributed by atoms with Crippen LogP contribution in [0.2, 0.25) is 0 Å². The van der Waals surface area contributed by atoms with Crippen LogP contribution >= 0.6 is 0 Å². The number of unbranched alkanes of at least 4 members (excludes halogenated alkanes) is 11. The van der Waals surface area contributed by atoms with Crippen LogP contribution in [0.5, 0.6) is 23.0 Å². The predicted molar refractivity (Wildman–Crippen MR) is 276 cm³/mol. The Balaban J connectivity index is 1.30. The average Bonchev–Trinajstić information content (AvgIpc) is 3.87. The number of carbonyl (C=O) groups is 2. The van der Waals surface area contributed by atoms with Crippen molar-refractivity contribution in [1.82, 2.24) is 10.2 Å². The first kappa shape index (κ1) is 53.9. The van der Waals surface area contributed by atoms with Gasteiger partial charge >= 0.3 is 6.09 Å². The molecule has 1 saturated carbocycles. The second-order valence-electron chi connectivity index (χ2n) is 19.5. The van der Waals surface area contributed by atoms with Gasteiger partial charge in [0.2, 0.25) is 12.6 Å². The first-order valence-corrected chi connectivity index (χ1v) is 26.6. The zero-order chi connectivity index (χ0) is 50.7. The van der Waals surface area contributed by atoms with Gasteiger partial charge in [-0.25, -0.2) is 4.79 Å². The molecule has 2 aliphatic carbocycles. The van der Waals surface area contributed by atoms with Crippen molar-refractivity contribution in [3.05, 3.63) is 107 Å². The normalized spacial score (nSPS) is 21.9. The highest BCUT2D eigenvalue weighted by atomic mass is 16.7. The standard InChI is InChI=1S/C58H76N4O10/c1-4-7-8-9-10-11-12-13-14-17-30-60-57(66)71-45-27-29-50-48(36-45)54-46(21-16-19-32-64)44(20-15-18-31-63)35-47-49(61-70-6-3)37-53(58(72-50,55(47)54)69-33-5-2)62(56(65)43-25-22-41(38-59)23-26-43)39-42-24-28-51-52(34-42)68-40-67-51/h5,22-29,34-36,44,46,53-55,63-64H,2,4,6-21,30-33,37,39-40H2,1,3H3,(H,60,66)/t44-,46+,53-,54+,55+,58+/m0/s1. The van der Waals surface area contributed by atoms with Crippen molar-refractivity contribution in [1.29, 1.82) is 5.26 Å². The van der Waals surface area contributed by atoms with Gasteiger partial charge < -0.3 is 49.0 Å². The number of allylic oxidation sites excluding steroid dienone is 1. The molecule has 0 spiro atoms. The fourth-order valence-corrected chi connectivity index (χ4v) is 11.2. The molecule has 0 bridgehead atoms. The highest BCUT2D eigenvalue weighted by Crippen LogP contribution is 2.62. The lowest BCUT2D eigenvalue weighted by molar-refractivity contribution is -0.255. The zero-order valence-corrected chi connectivity index (χ0v) is 42.5. The van der Waals surface area contributed by atoms with E-state index in [-0.39, 0.29) is 63.2 Å². The van der Waals surface area contributed by atoms with Crippen molar-refractivity contribution >= 4 is 17.7 Å². The van der Waals surface area contributed by atoms with E-state index in [1.165, 1.54) is 44.9 Å². The zero-order valence-electron chi connectivity index (χ0n) is 42.5. The number of carbonyl (C=O) groups excluding carboxylic acids is 2. The van der Waals surface area contributed by atoms with E-state index in [4.69, 9.17) is 33.7 Å². The molecule has 72 heavy (non-hydrogen) atoms. The quantitative estimate of drug-likeness (QED) is 0.0342. The van der Waals surface area contributed by atoms with E-state index >= 15 is 4.79 Å². The van der Waals surface area contributed by atoms with E-state index in [0.29, 0.717) is 65.8 Å². The Kier molecular flexibility index (Phi) is 20.4. The molecule has 6 atom stereocenters. The highest BCUT2D eigenvalue weighted by molar-refractivity contribution is 6.03. The number of amides is 2. The number of aliphatic hydroxyl groups excluding tert-OH is 2. The Hall–Kier alpha value is -5.88. The third-order valence-corrected chi connectivity index (χ3v) is 14.6. The maximum absolute atomic E-state index is 15.4. The minimum absolute atomic E-state index is 0.0110. The molecule has 0 saturated heterocycles. The summed E-state index contributed by atoms with van der Waals surface area (Å²) in [6, 6.07) is 19.1. The van der Waals surface area contributed by atoms with Crippen molar-refractivity contribution in [3.8, 4) is 29.1 Å². The summed E-state index contributed by atoms with van der Waals surface area (Å²) in [6.45, 7) is 9.42. The smallest absolute Gasteiger partial charge is 0.412 e. The van der Waals surface area contributed by atoms with Crippen molar-refractivity contribution in [3.63, 3.8) is 0 Å². The Labute approximate surface area is 426 Å². The number of nitrogens with zero attached hydrogens (tertiary/aromatic N) is 3. The van der Waals surface area contributed by atoms with Crippen LogP contribution in [0.15, 0.2) is 90.1 Å². The summed E-state index contributed by atoms with van der Waals surface area (Å²) >= 11 is 0. The second kappa shape index (κ2) is 27.3. The molecule has 3 aromatic carbocycles. The molecule has 0 unspecified atom stereocenters. The lowest BCUT2D eigenvalue weighted by Crippen LogP contribution is -2.70. The lowest BCUT2D eigenvalue weighted by atomic mass is 9.55. The highest BCUT2D eigenvalue weighted by Gasteiger charge is 2.65. The van der Waals surface area contributed by atoms with Gasteiger partial charge in [-0.05, 0) is 117 Å². The molecule has 14 nitrogen and oxygen atoms in total. The minimum Gasteiger partial charge on any atom is -0.459 e. The Morgan fingerprint density at radius 3 is 2.29 bits per heavy atom. The van der Waals surface area contributed by atoms with Crippen molar-refractivity contribution in [2.75, 3.05) is 39.8 Å². The molecule has 3 aromatic rings. The number of nitrogens with one attached hydrogen (secondary N) is 1. The molecule has 0 radical (unpaired) electrons. The molecule has 2 heterocycles. The molecule has 2 amide bonds. The summed E-state index contributed by atoms with van der Waals surface area (Å²) in [5.41, 5.74) is 3.95. The van der Waals surface area contributed by atoms with E-state index in [1.807, 2.05) is 37.3 Å². The van der Waals surface area contributed by atoms with Gasteiger partial charge in [-0.2, -0.15) is 5.26 Å². The number of hydrogen-bond donors (Lipinski definition) is 3. The van der Waals surface area contributed by atoms with Crippen LogP contribution in [0.3, 0.4) is 0 Å². The Bertz CT molecular complexity index is 2360. The maximum Gasteiger partial charge on any atom is 0.412 e. The van der Waals surface area contributed by atoms with Crippen LogP contribution in [0, 0.1) is 29.1 Å². The van der Waals surface area contributed by atoms with Gasteiger partial charge in [0.1, 0.15) is 24.1 Å². The van der Waals surface area contributed by atoms with Crippen LogP contribution in [-0.4, -0.2) is 84.4 Å². The number of aliphatic hydroxyl groups is 2. The topological polar surface area (TPSA) is 181 Å².